The number of hydrogen-bond acceptors (Lipinski definition) is 2. The molecule has 1 aliphatic rings. The zero-order chi connectivity index (χ0) is 17.3. The molecule has 1 fully saturated rings. The van der Waals surface area contributed by atoms with E-state index in [1.54, 1.807) is 7.05 Å². The number of likely N-dealkylation sites (tertiary alicyclic amines) is 1. The van der Waals surface area contributed by atoms with Crippen LogP contribution in [0, 0.1) is 18.2 Å². The first-order valence-corrected chi connectivity index (χ1v) is 6.84. The SMILES string of the molecule is C#Cc1ccc(F)c(B(F)F)c1.CC.CN1CCC(O)C1=O. The number of amides is 1. The Morgan fingerprint density at radius 3 is 2.32 bits per heavy atom. The monoisotopic (exact) mass is 313 g/mol. The number of terminal acetylenes is 1. The third-order valence-corrected chi connectivity index (χ3v) is 2.80. The molecule has 1 N–H and O–H groups in total. The maximum Gasteiger partial charge on any atom is 0.574 e. The normalized spacial score (nSPS) is 16.0. The van der Waals surface area contributed by atoms with Crippen LogP contribution >= 0.6 is 0 Å². The largest absolute Gasteiger partial charge is 0.574 e. The van der Waals surface area contributed by atoms with Crippen molar-refractivity contribution in [2.75, 3.05) is 13.6 Å². The van der Waals surface area contributed by atoms with E-state index in [0.717, 1.165) is 12.1 Å². The number of carbonyl (C=O) groups excluding carboxylic acids is 1. The van der Waals surface area contributed by atoms with Gasteiger partial charge in [-0.2, -0.15) is 0 Å². The second-order valence-corrected chi connectivity index (χ2v) is 4.25. The minimum absolute atomic E-state index is 0.148. The van der Waals surface area contributed by atoms with Crippen LogP contribution in [0.3, 0.4) is 0 Å². The van der Waals surface area contributed by atoms with Gasteiger partial charge >= 0.3 is 7.27 Å². The number of hydrogen-bond donors (Lipinski definition) is 1. The molecule has 1 amide bonds. The van der Waals surface area contributed by atoms with Crippen molar-refractivity contribution >= 4 is 18.6 Å². The van der Waals surface area contributed by atoms with Crippen LogP contribution in [0.15, 0.2) is 18.2 Å². The number of aliphatic hydroxyl groups is 1. The van der Waals surface area contributed by atoms with Gasteiger partial charge in [-0.3, -0.25) is 13.4 Å². The first-order chi connectivity index (χ1) is 10.4. The Labute approximate surface area is 129 Å². The van der Waals surface area contributed by atoms with Gasteiger partial charge in [-0.1, -0.05) is 19.8 Å². The lowest BCUT2D eigenvalue weighted by Gasteiger charge is -2.04. The molecule has 0 aliphatic carbocycles. The second kappa shape index (κ2) is 9.90. The molecule has 1 heterocycles. The fraction of sp³-hybridized carbons (Fsp3) is 0.400. The third kappa shape index (κ3) is 5.82. The van der Waals surface area contributed by atoms with Crippen LogP contribution < -0.4 is 5.46 Å². The second-order valence-electron chi connectivity index (χ2n) is 4.25. The van der Waals surface area contributed by atoms with E-state index in [1.807, 2.05) is 13.8 Å². The van der Waals surface area contributed by atoms with Crippen molar-refractivity contribution in [3.05, 3.63) is 29.6 Å². The summed E-state index contributed by atoms with van der Waals surface area (Å²) >= 11 is 0. The van der Waals surface area contributed by atoms with Crippen LogP contribution in [-0.4, -0.2) is 42.9 Å². The quantitative estimate of drug-likeness (QED) is 0.633. The topological polar surface area (TPSA) is 40.5 Å². The van der Waals surface area contributed by atoms with Gasteiger partial charge in [0.2, 0.25) is 0 Å². The van der Waals surface area contributed by atoms with E-state index >= 15 is 0 Å². The Kier molecular flexibility index (Phi) is 9.03. The molecule has 1 unspecified atom stereocenters. The number of benzene rings is 1. The van der Waals surface area contributed by atoms with E-state index in [9.17, 15) is 17.8 Å². The number of carbonyl (C=O) groups is 1. The molecule has 0 spiro atoms. The first kappa shape index (κ1) is 20.1. The standard InChI is InChI=1S/C8H4BF3.C5H9NO2.C2H6/c1-2-6-3-4-8(10)7(5-6)9(11)12;1-6-3-2-4(7)5(6)8;1-2/h1,3-5H;4,7H,2-3H2,1H3;1-2H3. The summed E-state index contributed by atoms with van der Waals surface area (Å²) in [4.78, 5) is 12.1. The molecule has 2 rings (SSSR count). The van der Waals surface area contributed by atoms with Gasteiger partial charge in [0.15, 0.2) is 0 Å². The minimum Gasteiger partial charge on any atom is -0.383 e. The molecule has 7 heteroatoms. The third-order valence-electron chi connectivity index (χ3n) is 2.80. The predicted octanol–water partition coefficient (Wildman–Crippen LogP) is 1.68. The summed E-state index contributed by atoms with van der Waals surface area (Å²) in [6.45, 7) is 4.69. The zero-order valence-corrected chi connectivity index (χ0v) is 12.8. The van der Waals surface area contributed by atoms with E-state index in [-0.39, 0.29) is 11.5 Å². The number of nitrogens with zero attached hydrogens (tertiary/aromatic N) is 1. The van der Waals surface area contributed by atoms with Gasteiger partial charge in [-0.25, -0.2) is 4.39 Å². The summed E-state index contributed by atoms with van der Waals surface area (Å²) in [5, 5.41) is 8.78. The highest BCUT2D eigenvalue weighted by Gasteiger charge is 2.26. The number of likely N-dealkylation sites (N-methyl/N-ethyl adjacent to an activating group) is 1. The molecule has 0 radical (unpaired) electrons. The molecule has 0 bridgehead atoms. The van der Waals surface area contributed by atoms with Crippen molar-refractivity contribution in [2.24, 2.45) is 0 Å². The average molecular weight is 313 g/mol. The van der Waals surface area contributed by atoms with Crippen LogP contribution in [0.2, 0.25) is 0 Å². The van der Waals surface area contributed by atoms with Crippen LogP contribution in [0.25, 0.3) is 0 Å². The summed E-state index contributed by atoms with van der Waals surface area (Å²) in [7, 11) is -1.13. The average Bonchev–Trinajstić information content (AvgIpc) is 2.81. The lowest BCUT2D eigenvalue weighted by molar-refractivity contribution is -0.133. The predicted molar refractivity (Wildman–Crippen MR) is 81.5 cm³/mol. The van der Waals surface area contributed by atoms with Gasteiger partial charge in [0.25, 0.3) is 5.91 Å². The van der Waals surface area contributed by atoms with Crippen LogP contribution in [0.5, 0.6) is 0 Å². The van der Waals surface area contributed by atoms with E-state index in [4.69, 9.17) is 11.5 Å². The Morgan fingerprint density at radius 2 is 2.00 bits per heavy atom. The van der Waals surface area contributed by atoms with Crippen molar-refractivity contribution in [1.29, 1.82) is 0 Å². The highest BCUT2D eigenvalue weighted by atomic mass is 19.2. The first-order valence-electron chi connectivity index (χ1n) is 6.84. The van der Waals surface area contributed by atoms with E-state index in [2.05, 4.69) is 5.92 Å². The highest BCUT2D eigenvalue weighted by Crippen LogP contribution is 2.06. The molecule has 1 aromatic rings. The summed E-state index contributed by atoms with van der Waals surface area (Å²) in [5.74, 6) is 1.07. The molecular weight excluding hydrogens is 294 g/mol. The smallest absolute Gasteiger partial charge is 0.383 e. The Morgan fingerprint density at radius 1 is 1.41 bits per heavy atom. The number of halogens is 3. The fourth-order valence-electron chi connectivity index (χ4n) is 1.60. The number of rotatable bonds is 1. The van der Waals surface area contributed by atoms with Gasteiger partial charge in [0.05, 0.1) is 0 Å². The van der Waals surface area contributed by atoms with Crippen molar-refractivity contribution in [1.82, 2.24) is 4.90 Å². The molecule has 3 nitrogen and oxygen atoms in total. The van der Waals surface area contributed by atoms with Crippen molar-refractivity contribution < 1.29 is 22.9 Å². The Hall–Kier alpha value is -1.94. The van der Waals surface area contributed by atoms with Gasteiger partial charge < -0.3 is 10.0 Å². The summed E-state index contributed by atoms with van der Waals surface area (Å²) in [5.41, 5.74) is -0.392. The maximum atomic E-state index is 12.6. The van der Waals surface area contributed by atoms with Gasteiger partial charge in [-0.05, 0) is 24.6 Å². The molecule has 1 aromatic carbocycles. The summed E-state index contributed by atoms with van der Waals surface area (Å²) in [6, 6.07) is 3.19. The van der Waals surface area contributed by atoms with Crippen LogP contribution in [0.1, 0.15) is 25.8 Å². The molecule has 0 saturated carbocycles. The highest BCUT2D eigenvalue weighted by molar-refractivity contribution is 6.60. The molecule has 120 valence electrons. The van der Waals surface area contributed by atoms with Crippen molar-refractivity contribution in [3.8, 4) is 12.3 Å². The van der Waals surface area contributed by atoms with Crippen molar-refractivity contribution in [3.63, 3.8) is 0 Å². The van der Waals surface area contributed by atoms with Crippen LogP contribution in [-0.2, 0) is 4.79 Å². The lowest BCUT2D eigenvalue weighted by Crippen LogP contribution is -2.24. The number of aliphatic hydroxyl groups excluding tert-OH is 1. The van der Waals surface area contributed by atoms with Gasteiger partial charge in [0.1, 0.15) is 11.9 Å². The molecule has 1 atom stereocenters. The lowest BCUT2D eigenvalue weighted by atomic mass is 9.84. The molecular formula is C15H19BF3NO2. The maximum absolute atomic E-state index is 12.6. The summed E-state index contributed by atoms with van der Waals surface area (Å²) in [6.07, 6.45) is 4.82. The molecule has 0 aromatic heterocycles. The zero-order valence-electron chi connectivity index (χ0n) is 12.8. The minimum atomic E-state index is -2.82. The molecule has 22 heavy (non-hydrogen) atoms. The van der Waals surface area contributed by atoms with Gasteiger partial charge in [-0.15, -0.1) is 6.42 Å². The van der Waals surface area contributed by atoms with Crippen molar-refractivity contribution in [2.45, 2.75) is 26.4 Å². The van der Waals surface area contributed by atoms with E-state index in [0.29, 0.717) is 13.0 Å². The Bertz CT molecular complexity index is 520. The summed E-state index contributed by atoms with van der Waals surface area (Å²) < 4.78 is 36.7. The van der Waals surface area contributed by atoms with Gasteiger partial charge in [0, 0.05) is 24.6 Å². The molecule has 1 saturated heterocycles. The Balaban J connectivity index is 0.000000382. The van der Waals surface area contributed by atoms with E-state index in [1.165, 1.54) is 11.0 Å². The van der Waals surface area contributed by atoms with E-state index < -0.39 is 24.7 Å². The fourth-order valence-corrected chi connectivity index (χ4v) is 1.60. The van der Waals surface area contributed by atoms with Crippen LogP contribution in [0.4, 0.5) is 13.0 Å². The molecule has 1 aliphatic heterocycles.